The first-order valence-electron chi connectivity index (χ1n) is 8.96. The van der Waals surface area contributed by atoms with Gasteiger partial charge in [0.05, 0.1) is 72.7 Å². The fourth-order valence-corrected chi connectivity index (χ4v) is 1.96. The molecule has 0 radical (unpaired) electrons. The number of hydrogen-bond acceptors (Lipinski definition) is 6. The van der Waals surface area contributed by atoms with Crippen LogP contribution in [0.4, 0.5) is 0 Å². The van der Waals surface area contributed by atoms with E-state index in [1.807, 2.05) is 30.3 Å². The second kappa shape index (κ2) is 17.1. The smallest absolute Gasteiger partial charge is 0.0718 e. The molecule has 26 heavy (non-hydrogen) atoms. The lowest BCUT2D eigenvalue weighted by Crippen LogP contribution is -2.13. The Balaban J connectivity index is 1.77. The van der Waals surface area contributed by atoms with Gasteiger partial charge in [-0.1, -0.05) is 36.9 Å². The maximum Gasteiger partial charge on any atom is 0.0718 e. The normalized spacial score (nSPS) is 11.0. The lowest BCUT2D eigenvalue weighted by Gasteiger charge is -2.08. The fourth-order valence-electron chi connectivity index (χ4n) is 1.96. The van der Waals surface area contributed by atoms with Crippen LogP contribution in [0.15, 0.2) is 30.8 Å². The Morgan fingerprint density at radius 2 is 1.08 bits per heavy atom. The van der Waals surface area contributed by atoms with Crippen molar-refractivity contribution in [3.63, 3.8) is 0 Å². The molecule has 0 heterocycles. The number of rotatable bonds is 18. The molecule has 148 valence electrons. The summed E-state index contributed by atoms with van der Waals surface area (Å²) in [5.41, 5.74) is 2.25. The molecule has 0 bridgehead atoms. The van der Waals surface area contributed by atoms with Crippen molar-refractivity contribution >= 4 is 6.08 Å². The van der Waals surface area contributed by atoms with Crippen LogP contribution in [0.5, 0.6) is 0 Å². The minimum atomic E-state index is 0.552. The predicted octanol–water partition coefficient (Wildman–Crippen LogP) is 2.56. The quantitative estimate of drug-likeness (QED) is 0.371. The Kier molecular flexibility index (Phi) is 15.0. The average Bonchev–Trinajstić information content (AvgIpc) is 2.68. The first-order chi connectivity index (χ1) is 12.9. The second-order valence-corrected chi connectivity index (χ2v) is 5.44. The predicted molar refractivity (Wildman–Crippen MR) is 101 cm³/mol. The van der Waals surface area contributed by atoms with Gasteiger partial charge in [0.1, 0.15) is 0 Å². The summed E-state index contributed by atoms with van der Waals surface area (Å²) in [7, 11) is 1.65. The molecule has 1 aromatic rings. The van der Waals surface area contributed by atoms with Crippen molar-refractivity contribution in [3.8, 4) is 0 Å². The topological polar surface area (TPSA) is 55.4 Å². The summed E-state index contributed by atoms with van der Waals surface area (Å²) in [6, 6.07) is 8.13. The Morgan fingerprint density at radius 1 is 0.654 bits per heavy atom. The minimum Gasteiger partial charge on any atom is -0.382 e. The molecule has 0 N–H and O–H groups in total. The molecule has 0 aliphatic carbocycles. The van der Waals surface area contributed by atoms with Crippen molar-refractivity contribution in [2.75, 3.05) is 73.2 Å². The van der Waals surface area contributed by atoms with E-state index in [0.717, 1.165) is 11.1 Å². The van der Waals surface area contributed by atoms with Crippen LogP contribution in [0, 0.1) is 0 Å². The van der Waals surface area contributed by atoms with Crippen molar-refractivity contribution in [3.05, 3.63) is 42.0 Å². The van der Waals surface area contributed by atoms with Gasteiger partial charge in [-0.15, -0.1) is 0 Å². The van der Waals surface area contributed by atoms with Crippen molar-refractivity contribution in [2.24, 2.45) is 0 Å². The molecule has 1 rings (SSSR count). The zero-order chi connectivity index (χ0) is 18.7. The summed E-state index contributed by atoms with van der Waals surface area (Å²) in [6.45, 7) is 10.0. The van der Waals surface area contributed by atoms with Gasteiger partial charge in [-0.3, -0.25) is 0 Å². The van der Waals surface area contributed by atoms with Gasteiger partial charge in [0.2, 0.25) is 0 Å². The van der Waals surface area contributed by atoms with E-state index in [1.165, 1.54) is 0 Å². The monoisotopic (exact) mass is 368 g/mol. The second-order valence-electron chi connectivity index (χ2n) is 5.44. The highest BCUT2D eigenvalue weighted by Gasteiger charge is 1.95. The van der Waals surface area contributed by atoms with E-state index in [0.29, 0.717) is 72.7 Å². The van der Waals surface area contributed by atoms with Crippen molar-refractivity contribution in [1.29, 1.82) is 0 Å². The third-order valence-corrected chi connectivity index (χ3v) is 3.40. The van der Waals surface area contributed by atoms with Crippen LogP contribution in [-0.4, -0.2) is 73.2 Å². The molecule has 0 amide bonds. The van der Waals surface area contributed by atoms with Crippen LogP contribution in [0.2, 0.25) is 0 Å². The van der Waals surface area contributed by atoms with Crippen LogP contribution in [0.1, 0.15) is 11.1 Å². The third kappa shape index (κ3) is 13.0. The molecule has 6 nitrogen and oxygen atoms in total. The number of hydrogen-bond donors (Lipinski definition) is 0. The standard InChI is InChI=1S/C20H32O6/c1-3-19-4-6-20(7-5-19)18-26-17-16-25-15-14-24-13-12-23-11-10-22-9-8-21-2/h3-7H,1,8-18H2,2H3. The van der Waals surface area contributed by atoms with Crippen molar-refractivity contribution < 1.29 is 28.4 Å². The van der Waals surface area contributed by atoms with Crippen LogP contribution in [0.3, 0.4) is 0 Å². The number of benzene rings is 1. The van der Waals surface area contributed by atoms with Gasteiger partial charge >= 0.3 is 0 Å². The van der Waals surface area contributed by atoms with E-state index in [1.54, 1.807) is 7.11 Å². The van der Waals surface area contributed by atoms with Crippen molar-refractivity contribution in [2.45, 2.75) is 6.61 Å². The number of methoxy groups -OCH3 is 1. The molecule has 0 atom stereocenters. The van der Waals surface area contributed by atoms with E-state index < -0.39 is 0 Å². The molecule has 0 fully saturated rings. The summed E-state index contributed by atoms with van der Waals surface area (Å²) >= 11 is 0. The van der Waals surface area contributed by atoms with Crippen LogP contribution >= 0.6 is 0 Å². The highest BCUT2D eigenvalue weighted by molar-refractivity contribution is 5.47. The van der Waals surface area contributed by atoms with E-state index in [-0.39, 0.29) is 0 Å². The number of ether oxygens (including phenoxy) is 6. The van der Waals surface area contributed by atoms with Gasteiger partial charge in [-0.2, -0.15) is 0 Å². The van der Waals surface area contributed by atoms with E-state index in [2.05, 4.69) is 6.58 Å². The Bertz CT molecular complexity index is 434. The Hall–Kier alpha value is -1.28. The summed E-state index contributed by atoms with van der Waals surface area (Å²) in [5, 5.41) is 0. The first-order valence-corrected chi connectivity index (χ1v) is 8.96. The first kappa shape index (κ1) is 22.8. The lowest BCUT2D eigenvalue weighted by molar-refractivity contribution is -0.0157. The van der Waals surface area contributed by atoms with Crippen LogP contribution in [-0.2, 0) is 35.0 Å². The maximum atomic E-state index is 5.57. The summed E-state index contributed by atoms with van der Waals surface area (Å²) in [5.74, 6) is 0. The van der Waals surface area contributed by atoms with Crippen LogP contribution in [0.25, 0.3) is 6.08 Å². The molecule has 0 aliphatic heterocycles. The van der Waals surface area contributed by atoms with Gasteiger partial charge in [-0.25, -0.2) is 0 Å². The Morgan fingerprint density at radius 3 is 1.50 bits per heavy atom. The molecule has 0 saturated carbocycles. The van der Waals surface area contributed by atoms with Gasteiger partial charge in [0.25, 0.3) is 0 Å². The molecule has 6 heteroatoms. The highest BCUT2D eigenvalue weighted by Crippen LogP contribution is 2.06. The summed E-state index contributed by atoms with van der Waals surface area (Å²) in [4.78, 5) is 0. The molecule has 0 aliphatic rings. The third-order valence-electron chi connectivity index (χ3n) is 3.40. The largest absolute Gasteiger partial charge is 0.382 e. The molecule has 1 aromatic carbocycles. The van der Waals surface area contributed by atoms with Crippen molar-refractivity contribution in [1.82, 2.24) is 0 Å². The molecule has 0 spiro atoms. The molecular weight excluding hydrogens is 336 g/mol. The van der Waals surface area contributed by atoms with E-state index >= 15 is 0 Å². The zero-order valence-corrected chi connectivity index (χ0v) is 15.8. The summed E-state index contributed by atoms with van der Waals surface area (Å²) < 4.78 is 32.0. The van der Waals surface area contributed by atoms with Crippen LogP contribution < -0.4 is 0 Å². The van der Waals surface area contributed by atoms with E-state index in [9.17, 15) is 0 Å². The van der Waals surface area contributed by atoms with Gasteiger partial charge in [-0.05, 0) is 11.1 Å². The molecular formula is C20H32O6. The maximum absolute atomic E-state index is 5.57. The molecule has 0 aromatic heterocycles. The summed E-state index contributed by atoms with van der Waals surface area (Å²) in [6.07, 6.45) is 1.82. The van der Waals surface area contributed by atoms with E-state index in [4.69, 9.17) is 28.4 Å². The van der Waals surface area contributed by atoms with Gasteiger partial charge < -0.3 is 28.4 Å². The zero-order valence-electron chi connectivity index (χ0n) is 15.8. The highest BCUT2D eigenvalue weighted by atomic mass is 16.6. The average molecular weight is 368 g/mol. The minimum absolute atomic E-state index is 0.552. The van der Waals surface area contributed by atoms with Gasteiger partial charge in [0, 0.05) is 7.11 Å². The Labute approximate surface area is 157 Å². The molecule has 0 unspecified atom stereocenters. The lowest BCUT2D eigenvalue weighted by atomic mass is 10.1. The molecule has 0 saturated heterocycles. The fraction of sp³-hybridized carbons (Fsp3) is 0.600. The van der Waals surface area contributed by atoms with Gasteiger partial charge in [0.15, 0.2) is 0 Å². The SMILES string of the molecule is C=Cc1ccc(COCCOCCOCCOCCOCCOC)cc1.